The van der Waals surface area contributed by atoms with Gasteiger partial charge in [-0.05, 0) is 41.2 Å². The molecule has 168 valence electrons. The number of hydrogen-bond donors (Lipinski definition) is 0. The Morgan fingerprint density at radius 3 is 1.35 bits per heavy atom. The summed E-state index contributed by atoms with van der Waals surface area (Å²) in [4.78, 5) is -0.513. The first-order valence-corrected chi connectivity index (χ1v) is 13.4. The summed E-state index contributed by atoms with van der Waals surface area (Å²) in [6, 6.07) is 21.6. The molecule has 2 aliphatic rings. The molecule has 0 spiro atoms. The van der Waals surface area contributed by atoms with Crippen LogP contribution in [-0.4, -0.2) is 24.7 Å². The molecule has 0 aliphatic carbocycles. The highest BCUT2D eigenvalue weighted by atomic mass is 32.2. The fraction of sp³-hybridized carbons (Fsp3) is 0.556. The maximum absolute atomic E-state index is 6.64. The molecule has 2 saturated heterocycles. The van der Waals surface area contributed by atoms with Crippen molar-refractivity contribution in [1.29, 1.82) is 0 Å². The van der Waals surface area contributed by atoms with Crippen LogP contribution in [0, 0.1) is 10.8 Å². The molecule has 2 fully saturated rings. The van der Waals surface area contributed by atoms with Crippen LogP contribution < -0.4 is 0 Å². The first-order valence-electron chi connectivity index (χ1n) is 11.4. The van der Waals surface area contributed by atoms with E-state index in [-0.39, 0.29) is 20.7 Å². The number of hydrogen-bond acceptors (Lipinski definition) is 4. The largest absolute Gasteiger partial charge is 0.359 e. The fourth-order valence-electron chi connectivity index (χ4n) is 4.26. The van der Waals surface area contributed by atoms with Crippen molar-refractivity contribution in [2.75, 3.05) is 24.7 Å². The molecule has 4 rings (SSSR count). The Labute approximate surface area is 196 Å². The second-order valence-corrected chi connectivity index (χ2v) is 13.0. The van der Waals surface area contributed by atoms with Crippen molar-refractivity contribution in [3.63, 3.8) is 0 Å². The average molecular weight is 457 g/mol. The smallest absolute Gasteiger partial charge is 0.139 e. The van der Waals surface area contributed by atoms with Crippen molar-refractivity contribution in [2.45, 2.75) is 56.8 Å². The zero-order chi connectivity index (χ0) is 22.0. The average Bonchev–Trinajstić information content (AvgIpc) is 2.78. The van der Waals surface area contributed by atoms with E-state index in [0.717, 1.165) is 44.0 Å². The van der Waals surface area contributed by atoms with E-state index in [4.69, 9.17) is 9.47 Å². The predicted molar refractivity (Wildman–Crippen MR) is 134 cm³/mol. The molecule has 0 bridgehead atoms. The highest BCUT2D eigenvalue weighted by Crippen LogP contribution is 2.52. The summed E-state index contributed by atoms with van der Waals surface area (Å²) in [6.45, 7) is 10.8. The van der Waals surface area contributed by atoms with Gasteiger partial charge in [-0.25, -0.2) is 0 Å². The van der Waals surface area contributed by atoms with Gasteiger partial charge in [-0.1, -0.05) is 88.4 Å². The Morgan fingerprint density at radius 1 is 0.645 bits per heavy atom. The van der Waals surface area contributed by atoms with E-state index >= 15 is 0 Å². The molecule has 2 aromatic rings. The van der Waals surface area contributed by atoms with Crippen LogP contribution in [0.5, 0.6) is 0 Å². The monoisotopic (exact) mass is 456 g/mol. The molecule has 31 heavy (non-hydrogen) atoms. The minimum absolute atomic E-state index is 0.224. The van der Waals surface area contributed by atoms with Crippen molar-refractivity contribution < 1.29 is 9.47 Å². The molecule has 4 heteroatoms. The molecule has 0 N–H and O–H groups in total. The van der Waals surface area contributed by atoms with Crippen LogP contribution in [0.25, 0.3) is 0 Å². The van der Waals surface area contributed by atoms with Crippen molar-refractivity contribution in [2.24, 2.45) is 10.8 Å². The lowest BCUT2D eigenvalue weighted by Crippen LogP contribution is -2.41. The zero-order valence-electron chi connectivity index (χ0n) is 19.4. The fourth-order valence-corrected chi connectivity index (χ4v) is 7.14. The summed E-state index contributed by atoms with van der Waals surface area (Å²) in [7, 11) is 0. The summed E-state index contributed by atoms with van der Waals surface area (Å²) in [5.41, 5.74) is 3.04. The molecule has 2 nitrogen and oxygen atoms in total. The van der Waals surface area contributed by atoms with Gasteiger partial charge in [0.1, 0.15) is 9.87 Å². The molecule has 2 aromatic carbocycles. The van der Waals surface area contributed by atoms with Gasteiger partial charge in [0, 0.05) is 11.5 Å². The molecule has 0 aromatic heterocycles. The van der Waals surface area contributed by atoms with Crippen LogP contribution in [0.3, 0.4) is 0 Å². The third kappa shape index (κ3) is 5.35. The minimum atomic E-state index is -0.257. The lowest BCUT2D eigenvalue weighted by atomic mass is 9.94. The van der Waals surface area contributed by atoms with E-state index in [2.05, 4.69) is 88.4 Å². The lowest BCUT2D eigenvalue weighted by molar-refractivity contribution is -0.0489. The van der Waals surface area contributed by atoms with E-state index in [0.29, 0.717) is 0 Å². The number of thioether (sulfide) groups is 2. The minimum Gasteiger partial charge on any atom is -0.359 e. The van der Waals surface area contributed by atoms with E-state index in [9.17, 15) is 0 Å². The van der Waals surface area contributed by atoms with Gasteiger partial charge in [0.15, 0.2) is 0 Å². The molecule has 2 unspecified atom stereocenters. The Morgan fingerprint density at radius 2 is 1.03 bits per heavy atom. The second-order valence-electron chi connectivity index (χ2n) is 10.6. The van der Waals surface area contributed by atoms with E-state index in [1.807, 2.05) is 23.5 Å². The van der Waals surface area contributed by atoms with Gasteiger partial charge in [0.2, 0.25) is 0 Å². The van der Waals surface area contributed by atoms with E-state index in [1.165, 1.54) is 11.1 Å². The van der Waals surface area contributed by atoms with E-state index < -0.39 is 0 Å². The van der Waals surface area contributed by atoms with Crippen LogP contribution in [0.1, 0.15) is 58.1 Å². The van der Waals surface area contributed by atoms with Crippen LogP contribution >= 0.6 is 23.5 Å². The number of benzene rings is 2. The van der Waals surface area contributed by atoms with Gasteiger partial charge < -0.3 is 9.47 Å². The van der Waals surface area contributed by atoms with Gasteiger partial charge in [0.25, 0.3) is 0 Å². The summed E-state index contributed by atoms with van der Waals surface area (Å²) in [5.74, 6) is 2.23. The molecule has 0 amide bonds. The normalized spacial score (nSPS) is 30.1. The zero-order valence-corrected chi connectivity index (χ0v) is 21.0. The van der Waals surface area contributed by atoms with Gasteiger partial charge >= 0.3 is 0 Å². The Balaban J connectivity index is 1.52. The maximum atomic E-state index is 6.64. The van der Waals surface area contributed by atoms with Gasteiger partial charge in [-0.3, -0.25) is 0 Å². The molecule has 0 radical (unpaired) electrons. The summed E-state index contributed by atoms with van der Waals surface area (Å²) < 4.78 is 13.3. The summed E-state index contributed by atoms with van der Waals surface area (Å²) in [5, 5.41) is 0. The van der Waals surface area contributed by atoms with Gasteiger partial charge in [0.05, 0.1) is 13.2 Å². The lowest BCUT2D eigenvalue weighted by Gasteiger charge is -2.45. The second kappa shape index (κ2) is 9.13. The van der Waals surface area contributed by atoms with E-state index in [1.54, 1.807) is 0 Å². The topological polar surface area (TPSA) is 18.5 Å². The number of rotatable bonds is 6. The molecule has 0 saturated carbocycles. The highest BCUT2D eigenvalue weighted by molar-refractivity contribution is 8.00. The van der Waals surface area contributed by atoms with Crippen molar-refractivity contribution in [3.8, 4) is 0 Å². The first-order chi connectivity index (χ1) is 14.7. The predicted octanol–water partition coefficient (Wildman–Crippen LogP) is 7.44. The van der Waals surface area contributed by atoms with Crippen molar-refractivity contribution >= 4 is 23.5 Å². The third-order valence-electron chi connectivity index (χ3n) is 6.22. The maximum Gasteiger partial charge on any atom is 0.139 e. The van der Waals surface area contributed by atoms with Crippen molar-refractivity contribution in [3.05, 3.63) is 71.8 Å². The molecule has 2 aliphatic heterocycles. The summed E-state index contributed by atoms with van der Waals surface area (Å²) in [6.07, 6.45) is 3.06. The molecular formula is C27H36O2S2. The van der Waals surface area contributed by atoms with Crippen LogP contribution in [0.15, 0.2) is 60.7 Å². The number of ether oxygens (including phenoxy) is 2. The van der Waals surface area contributed by atoms with Gasteiger partial charge in [-0.15, -0.1) is 23.5 Å². The van der Waals surface area contributed by atoms with Crippen molar-refractivity contribution in [1.82, 2.24) is 0 Å². The third-order valence-corrected chi connectivity index (χ3v) is 10.1. The quantitative estimate of drug-likeness (QED) is 0.449. The standard InChI is InChI=1S/C27H36O2S2/c1-24(2)18-28-26(30-20-24,22-12-7-5-8-13-22)16-11-17-27(23-14-9-6-10-15-23)29-19-25(3,4)21-31-27/h5-10,12-15H,11,16-21H2,1-4H3. The molecule has 2 heterocycles. The molecular weight excluding hydrogens is 420 g/mol. The van der Waals surface area contributed by atoms with Crippen LogP contribution in [0.4, 0.5) is 0 Å². The Bertz CT molecular complexity index is 757. The Hall–Kier alpha value is -0.940. The van der Waals surface area contributed by atoms with Crippen LogP contribution in [-0.2, 0) is 19.3 Å². The van der Waals surface area contributed by atoms with Gasteiger partial charge in [-0.2, -0.15) is 0 Å². The summed E-state index contributed by atoms with van der Waals surface area (Å²) >= 11 is 3.96. The van der Waals surface area contributed by atoms with Crippen LogP contribution in [0.2, 0.25) is 0 Å². The molecule has 2 atom stereocenters. The Kier molecular flexibility index (Phi) is 6.84. The highest BCUT2D eigenvalue weighted by Gasteiger charge is 2.44. The first kappa shape index (κ1) is 23.2. The SMILES string of the molecule is CC1(C)COC(CCCC2(c3ccccc3)OCC(C)(C)CS2)(c2ccccc2)SC1.